The van der Waals surface area contributed by atoms with Gasteiger partial charge in [0.1, 0.15) is 0 Å². The molecule has 0 bridgehead atoms. The van der Waals surface area contributed by atoms with Gasteiger partial charge in [0.05, 0.1) is 13.0 Å². The highest BCUT2D eigenvalue weighted by Gasteiger charge is 2.50. The van der Waals surface area contributed by atoms with E-state index < -0.39 is 0 Å². The van der Waals surface area contributed by atoms with Crippen molar-refractivity contribution in [1.29, 1.82) is 0 Å². The number of carbonyl (C=O) groups is 3. The number of hydrogen-bond donors (Lipinski definition) is 0. The second kappa shape index (κ2) is 8.11. The third kappa shape index (κ3) is 3.99. The minimum atomic E-state index is -0.279. The van der Waals surface area contributed by atoms with E-state index in [1.807, 2.05) is 47.2 Å². The highest BCUT2D eigenvalue weighted by molar-refractivity contribution is 5.87. The number of likely N-dealkylation sites (N-methyl/N-ethyl adjacent to an activating group) is 1. The molecule has 0 aliphatic carbocycles. The van der Waals surface area contributed by atoms with Gasteiger partial charge in [0, 0.05) is 38.5 Å². The van der Waals surface area contributed by atoms with Crippen molar-refractivity contribution >= 4 is 17.8 Å². The van der Waals surface area contributed by atoms with Crippen LogP contribution in [-0.2, 0) is 19.1 Å². The number of esters is 1. The lowest BCUT2D eigenvalue weighted by Gasteiger charge is -2.43. The molecule has 0 saturated carbocycles. The van der Waals surface area contributed by atoms with Gasteiger partial charge in [-0.15, -0.1) is 0 Å². The topological polar surface area (TPSA) is 66.9 Å². The summed E-state index contributed by atoms with van der Waals surface area (Å²) < 4.78 is 4.61. The Morgan fingerprint density at radius 1 is 1.15 bits per heavy atom. The van der Waals surface area contributed by atoms with Crippen molar-refractivity contribution in [2.45, 2.75) is 50.0 Å². The Labute approximate surface area is 160 Å². The summed E-state index contributed by atoms with van der Waals surface area (Å²) in [4.78, 5) is 40.2. The Morgan fingerprint density at radius 2 is 1.81 bits per heavy atom. The number of ether oxygens (including phenoxy) is 1. The molecule has 2 heterocycles. The average Bonchev–Trinajstić information content (AvgIpc) is 2.94. The van der Waals surface area contributed by atoms with Crippen LogP contribution in [0.1, 0.15) is 50.0 Å². The molecule has 2 aliphatic heterocycles. The summed E-state index contributed by atoms with van der Waals surface area (Å²) in [6.07, 6.45) is 3.58. The Hall–Kier alpha value is -2.37. The smallest absolute Gasteiger partial charge is 0.305 e. The third-order valence-corrected chi connectivity index (χ3v) is 6.17. The maximum absolute atomic E-state index is 12.8. The Morgan fingerprint density at radius 3 is 2.44 bits per heavy atom. The lowest BCUT2D eigenvalue weighted by molar-refractivity contribution is -0.141. The van der Waals surface area contributed by atoms with E-state index >= 15 is 0 Å². The molecule has 0 aromatic heterocycles. The molecular weight excluding hydrogens is 344 g/mol. The first-order valence-electron chi connectivity index (χ1n) is 9.64. The SMILES string of the molecule is COC(=O)CCCC(=O)N1CCC2(CC1)C[C@@H](c1ccccc1)C(=O)N2C. The molecule has 1 aromatic carbocycles. The van der Waals surface area contributed by atoms with Gasteiger partial charge in [-0.05, 0) is 31.2 Å². The van der Waals surface area contributed by atoms with Crippen molar-refractivity contribution in [2.24, 2.45) is 0 Å². The molecule has 1 atom stereocenters. The van der Waals surface area contributed by atoms with Crippen LogP contribution in [0.4, 0.5) is 0 Å². The molecule has 27 heavy (non-hydrogen) atoms. The van der Waals surface area contributed by atoms with Crippen molar-refractivity contribution in [3.05, 3.63) is 35.9 Å². The standard InChI is InChI=1S/C21H28N2O4/c1-22-20(26)17(16-7-4-3-5-8-16)15-21(22)11-13-23(14-12-21)18(24)9-6-10-19(25)27-2/h3-5,7-8,17H,6,9-15H2,1-2H3/t17-/m0/s1. The molecule has 0 radical (unpaired) electrons. The number of methoxy groups -OCH3 is 1. The first-order chi connectivity index (χ1) is 13.0. The Kier molecular flexibility index (Phi) is 5.82. The van der Waals surface area contributed by atoms with Crippen molar-refractivity contribution in [1.82, 2.24) is 9.80 Å². The van der Waals surface area contributed by atoms with Gasteiger partial charge in [-0.3, -0.25) is 14.4 Å². The monoisotopic (exact) mass is 372 g/mol. The van der Waals surface area contributed by atoms with Crippen LogP contribution in [0.5, 0.6) is 0 Å². The predicted molar refractivity (Wildman–Crippen MR) is 101 cm³/mol. The fourth-order valence-electron chi connectivity index (χ4n) is 4.37. The molecule has 2 aliphatic rings. The van der Waals surface area contributed by atoms with Gasteiger partial charge in [-0.2, -0.15) is 0 Å². The van der Waals surface area contributed by atoms with E-state index in [-0.39, 0.29) is 35.7 Å². The Balaban J connectivity index is 1.57. The van der Waals surface area contributed by atoms with E-state index in [4.69, 9.17) is 0 Å². The molecule has 0 N–H and O–H groups in total. The highest BCUT2D eigenvalue weighted by Crippen LogP contribution is 2.44. The summed E-state index contributed by atoms with van der Waals surface area (Å²) in [5, 5.41) is 0. The van der Waals surface area contributed by atoms with Gasteiger partial charge in [0.2, 0.25) is 11.8 Å². The molecule has 1 spiro atoms. The third-order valence-electron chi connectivity index (χ3n) is 6.17. The zero-order valence-corrected chi connectivity index (χ0v) is 16.1. The molecule has 2 amide bonds. The maximum Gasteiger partial charge on any atom is 0.305 e. The zero-order chi connectivity index (χ0) is 19.4. The number of piperidine rings is 1. The molecule has 0 unspecified atom stereocenters. The first kappa shape index (κ1) is 19.4. The van der Waals surface area contributed by atoms with Crippen LogP contribution in [0, 0.1) is 0 Å². The van der Waals surface area contributed by atoms with Crippen molar-refractivity contribution in [3.8, 4) is 0 Å². The van der Waals surface area contributed by atoms with Gasteiger partial charge in [-0.1, -0.05) is 30.3 Å². The highest BCUT2D eigenvalue weighted by atomic mass is 16.5. The maximum atomic E-state index is 12.8. The largest absolute Gasteiger partial charge is 0.469 e. The van der Waals surface area contributed by atoms with E-state index in [9.17, 15) is 14.4 Å². The molecule has 3 rings (SSSR count). The first-order valence-corrected chi connectivity index (χ1v) is 9.64. The summed E-state index contributed by atoms with van der Waals surface area (Å²) in [6, 6.07) is 9.96. The zero-order valence-electron chi connectivity index (χ0n) is 16.1. The van der Waals surface area contributed by atoms with Gasteiger partial charge in [0.15, 0.2) is 0 Å². The lowest BCUT2D eigenvalue weighted by atomic mass is 9.81. The van der Waals surface area contributed by atoms with E-state index in [1.165, 1.54) is 7.11 Å². The van der Waals surface area contributed by atoms with E-state index in [0.717, 1.165) is 24.8 Å². The summed E-state index contributed by atoms with van der Waals surface area (Å²) in [6.45, 7) is 1.33. The molecule has 146 valence electrons. The fraction of sp³-hybridized carbons (Fsp3) is 0.571. The van der Waals surface area contributed by atoms with Gasteiger partial charge in [0.25, 0.3) is 0 Å². The van der Waals surface area contributed by atoms with Gasteiger partial charge in [-0.25, -0.2) is 0 Å². The molecular formula is C21H28N2O4. The van der Waals surface area contributed by atoms with Crippen LogP contribution in [0.15, 0.2) is 30.3 Å². The second-order valence-corrected chi connectivity index (χ2v) is 7.60. The van der Waals surface area contributed by atoms with E-state index in [1.54, 1.807) is 0 Å². The minimum Gasteiger partial charge on any atom is -0.469 e. The number of likely N-dealkylation sites (tertiary alicyclic amines) is 2. The van der Waals surface area contributed by atoms with Crippen LogP contribution >= 0.6 is 0 Å². The number of benzene rings is 1. The normalized spacial score (nSPS) is 21.6. The average molecular weight is 372 g/mol. The quantitative estimate of drug-likeness (QED) is 0.744. The number of rotatable bonds is 5. The van der Waals surface area contributed by atoms with Crippen molar-refractivity contribution in [3.63, 3.8) is 0 Å². The molecule has 2 saturated heterocycles. The van der Waals surface area contributed by atoms with E-state index in [0.29, 0.717) is 25.9 Å². The van der Waals surface area contributed by atoms with Crippen LogP contribution in [-0.4, -0.2) is 60.4 Å². The van der Waals surface area contributed by atoms with Gasteiger partial charge < -0.3 is 14.5 Å². The summed E-state index contributed by atoms with van der Waals surface area (Å²) >= 11 is 0. The summed E-state index contributed by atoms with van der Waals surface area (Å²) in [5.74, 6) is -0.101. The molecule has 6 heteroatoms. The summed E-state index contributed by atoms with van der Waals surface area (Å²) in [7, 11) is 3.26. The van der Waals surface area contributed by atoms with Gasteiger partial charge >= 0.3 is 5.97 Å². The molecule has 1 aromatic rings. The number of nitrogens with zero attached hydrogens (tertiary/aromatic N) is 2. The van der Waals surface area contributed by atoms with Crippen LogP contribution in [0.2, 0.25) is 0 Å². The Bertz CT molecular complexity index is 695. The minimum absolute atomic E-state index is 0.0836. The fourth-order valence-corrected chi connectivity index (χ4v) is 4.37. The summed E-state index contributed by atoms with van der Waals surface area (Å²) in [5.41, 5.74) is 0.924. The number of hydrogen-bond acceptors (Lipinski definition) is 4. The molecule has 2 fully saturated rings. The van der Waals surface area contributed by atoms with Crippen LogP contribution < -0.4 is 0 Å². The van der Waals surface area contributed by atoms with E-state index in [2.05, 4.69) is 4.74 Å². The number of carbonyl (C=O) groups excluding carboxylic acids is 3. The second-order valence-electron chi connectivity index (χ2n) is 7.60. The van der Waals surface area contributed by atoms with Crippen LogP contribution in [0.3, 0.4) is 0 Å². The molecule has 6 nitrogen and oxygen atoms in total. The van der Waals surface area contributed by atoms with Crippen molar-refractivity contribution in [2.75, 3.05) is 27.2 Å². The predicted octanol–water partition coefficient (Wildman–Crippen LogP) is 2.34. The lowest BCUT2D eigenvalue weighted by Crippen LogP contribution is -2.52. The van der Waals surface area contributed by atoms with Crippen LogP contribution in [0.25, 0.3) is 0 Å². The number of amides is 2. The van der Waals surface area contributed by atoms with Crippen molar-refractivity contribution < 1.29 is 19.1 Å².